The van der Waals surface area contributed by atoms with Crippen LogP contribution in [-0.2, 0) is 11.2 Å². The highest BCUT2D eigenvalue weighted by Gasteiger charge is 2.35. The molecule has 0 radical (unpaired) electrons. The molecule has 0 aliphatic heterocycles. The third-order valence-corrected chi connectivity index (χ3v) is 4.18. The number of amides is 1. The van der Waals surface area contributed by atoms with Gasteiger partial charge in [-0.1, -0.05) is 32.4 Å². The molecule has 1 aliphatic rings. The zero-order chi connectivity index (χ0) is 13.9. The van der Waals surface area contributed by atoms with Crippen LogP contribution in [0.15, 0.2) is 24.3 Å². The molecule has 1 fully saturated rings. The molecule has 2 rings (SSSR count). The Kier molecular flexibility index (Phi) is 4.13. The van der Waals surface area contributed by atoms with E-state index in [0.29, 0.717) is 12.5 Å². The lowest BCUT2D eigenvalue weighted by Crippen LogP contribution is -2.41. The predicted octanol–water partition coefficient (Wildman–Crippen LogP) is 2.90. The summed E-state index contributed by atoms with van der Waals surface area (Å²) in [5, 5.41) is 3.18. The zero-order valence-corrected chi connectivity index (χ0v) is 11.9. The molecule has 1 aromatic carbocycles. The fourth-order valence-electron chi connectivity index (χ4n) is 2.87. The van der Waals surface area contributed by atoms with Crippen molar-refractivity contribution in [3.05, 3.63) is 29.8 Å². The fraction of sp³-hybridized carbons (Fsp3) is 0.562. The van der Waals surface area contributed by atoms with Crippen molar-refractivity contribution in [2.24, 2.45) is 5.41 Å². The van der Waals surface area contributed by atoms with Crippen LogP contribution in [0.2, 0.25) is 0 Å². The van der Waals surface area contributed by atoms with E-state index in [4.69, 9.17) is 5.73 Å². The number of benzene rings is 1. The molecule has 1 aromatic rings. The van der Waals surface area contributed by atoms with Crippen molar-refractivity contribution in [1.82, 2.24) is 5.32 Å². The van der Waals surface area contributed by atoms with Crippen molar-refractivity contribution < 1.29 is 4.79 Å². The summed E-state index contributed by atoms with van der Waals surface area (Å²) < 4.78 is 0. The average Bonchev–Trinajstić information content (AvgIpc) is 2.66. The summed E-state index contributed by atoms with van der Waals surface area (Å²) >= 11 is 0. The van der Waals surface area contributed by atoms with Crippen LogP contribution in [0.5, 0.6) is 0 Å². The second-order valence-corrected chi connectivity index (χ2v) is 6.25. The summed E-state index contributed by atoms with van der Waals surface area (Å²) in [6, 6.07) is 8.09. The van der Waals surface area contributed by atoms with Crippen LogP contribution in [0.25, 0.3) is 0 Å². The van der Waals surface area contributed by atoms with E-state index in [1.54, 1.807) is 0 Å². The highest BCUT2D eigenvalue weighted by Crippen LogP contribution is 2.37. The smallest absolute Gasteiger partial charge is 0.220 e. The topological polar surface area (TPSA) is 55.1 Å². The third kappa shape index (κ3) is 3.72. The predicted molar refractivity (Wildman–Crippen MR) is 78.7 cm³/mol. The quantitative estimate of drug-likeness (QED) is 0.818. The van der Waals surface area contributed by atoms with E-state index in [2.05, 4.69) is 19.2 Å². The van der Waals surface area contributed by atoms with Crippen molar-refractivity contribution in [1.29, 1.82) is 0 Å². The van der Waals surface area contributed by atoms with Gasteiger partial charge in [0.1, 0.15) is 0 Å². The second-order valence-electron chi connectivity index (χ2n) is 6.25. The Morgan fingerprint density at radius 3 is 2.89 bits per heavy atom. The van der Waals surface area contributed by atoms with Crippen molar-refractivity contribution >= 4 is 11.6 Å². The fourth-order valence-corrected chi connectivity index (χ4v) is 2.87. The monoisotopic (exact) mass is 260 g/mol. The molecule has 0 bridgehead atoms. The van der Waals surface area contributed by atoms with Crippen LogP contribution in [0, 0.1) is 5.41 Å². The lowest BCUT2D eigenvalue weighted by molar-refractivity contribution is -0.122. The van der Waals surface area contributed by atoms with Crippen LogP contribution in [0.3, 0.4) is 0 Å². The number of rotatable bonds is 4. The maximum Gasteiger partial charge on any atom is 0.220 e. The lowest BCUT2D eigenvalue weighted by Gasteiger charge is -2.27. The molecule has 1 aliphatic carbocycles. The van der Waals surface area contributed by atoms with Gasteiger partial charge >= 0.3 is 0 Å². The Hall–Kier alpha value is -1.51. The van der Waals surface area contributed by atoms with Crippen LogP contribution in [0.4, 0.5) is 5.69 Å². The van der Waals surface area contributed by atoms with Crippen molar-refractivity contribution in [3.63, 3.8) is 0 Å². The summed E-state index contributed by atoms with van der Waals surface area (Å²) in [7, 11) is 0. The molecular weight excluding hydrogens is 236 g/mol. The number of anilines is 1. The summed E-state index contributed by atoms with van der Waals surface area (Å²) in [5.74, 6) is 0.155. The lowest BCUT2D eigenvalue weighted by atomic mass is 9.87. The molecule has 0 aromatic heterocycles. The number of nitrogens with one attached hydrogen (secondary N) is 1. The van der Waals surface area contributed by atoms with Crippen molar-refractivity contribution in [2.75, 3.05) is 5.73 Å². The number of hydrogen-bond donors (Lipinski definition) is 2. The molecule has 1 amide bonds. The summed E-state index contributed by atoms with van der Waals surface area (Å²) in [6.07, 6.45) is 4.82. The normalized spacial score (nSPS) is 21.3. The molecule has 1 atom stereocenters. The standard InChI is InChI=1S/C16H24N2O/c1-16(2)10-4-7-14(16)18-15(19)9-8-12-5-3-6-13(17)11-12/h3,5-6,11,14H,4,7-10,17H2,1-2H3,(H,18,19). The van der Waals surface area contributed by atoms with Gasteiger partial charge in [-0.2, -0.15) is 0 Å². The maximum absolute atomic E-state index is 12.0. The first-order valence-corrected chi connectivity index (χ1v) is 7.11. The number of aryl methyl sites for hydroxylation is 1. The van der Waals surface area contributed by atoms with Gasteiger partial charge in [0.05, 0.1) is 0 Å². The highest BCUT2D eigenvalue weighted by atomic mass is 16.1. The first-order valence-electron chi connectivity index (χ1n) is 7.11. The first kappa shape index (κ1) is 13.9. The van der Waals surface area contributed by atoms with Crippen LogP contribution >= 0.6 is 0 Å². The van der Waals surface area contributed by atoms with Gasteiger partial charge in [-0.25, -0.2) is 0 Å². The first-order chi connectivity index (χ1) is 8.97. The van der Waals surface area contributed by atoms with Gasteiger partial charge in [-0.05, 0) is 42.4 Å². The number of hydrogen-bond acceptors (Lipinski definition) is 2. The molecule has 0 spiro atoms. The van der Waals surface area contributed by atoms with Crippen molar-refractivity contribution in [3.8, 4) is 0 Å². The molecule has 1 saturated carbocycles. The van der Waals surface area contributed by atoms with E-state index in [0.717, 1.165) is 24.1 Å². The van der Waals surface area contributed by atoms with Gasteiger partial charge in [0.2, 0.25) is 5.91 Å². The highest BCUT2D eigenvalue weighted by molar-refractivity contribution is 5.76. The number of nitrogens with two attached hydrogens (primary N) is 1. The van der Waals surface area contributed by atoms with E-state index < -0.39 is 0 Å². The SMILES string of the molecule is CC1(C)CCCC1NC(=O)CCc1cccc(N)c1. The summed E-state index contributed by atoms with van der Waals surface area (Å²) in [5.41, 5.74) is 7.86. The molecule has 3 nitrogen and oxygen atoms in total. The number of nitrogen functional groups attached to an aromatic ring is 1. The second kappa shape index (κ2) is 5.64. The Balaban J connectivity index is 1.82. The van der Waals surface area contributed by atoms with Gasteiger partial charge in [0, 0.05) is 18.2 Å². The van der Waals surface area contributed by atoms with E-state index in [9.17, 15) is 4.79 Å². The van der Waals surface area contributed by atoms with Gasteiger partial charge in [-0.15, -0.1) is 0 Å². The Labute approximate surface area is 115 Å². The molecule has 3 heteroatoms. The van der Waals surface area contributed by atoms with E-state index in [1.807, 2.05) is 24.3 Å². The minimum absolute atomic E-state index is 0.155. The summed E-state index contributed by atoms with van der Waals surface area (Å²) in [6.45, 7) is 4.48. The molecule has 1 unspecified atom stereocenters. The Morgan fingerprint density at radius 1 is 1.47 bits per heavy atom. The number of carbonyl (C=O) groups excluding carboxylic acids is 1. The minimum Gasteiger partial charge on any atom is -0.399 e. The molecule has 0 saturated heterocycles. The average molecular weight is 260 g/mol. The van der Waals surface area contributed by atoms with E-state index in [1.165, 1.54) is 12.8 Å². The molecular formula is C16H24N2O. The summed E-state index contributed by atoms with van der Waals surface area (Å²) in [4.78, 5) is 12.0. The van der Waals surface area contributed by atoms with E-state index >= 15 is 0 Å². The molecule has 3 N–H and O–H groups in total. The van der Waals surface area contributed by atoms with Gasteiger partial charge < -0.3 is 11.1 Å². The van der Waals surface area contributed by atoms with Crippen LogP contribution in [-0.4, -0.2) is 11.9 Å². The van der Waals surface area contributed by atoms with Crippen LogP contribution < -0.4 is 11.1 Å². The molecule has 19 heavy (non-hydrogen) atoms. The van der Waals surface area contributed by atoms with Crippen molar-refractivity contribution in [2.45, 2.75) is 52.0 Å². The Morgan fingerprint density at radius 2 is 2.26 bits per heavy atom. The maximum atomic E-state index is 12.0. The minimum atomic E-state index is 0.155. The number of carbonyl (C=O) groups is 1. The molecule has 0 heterocycles. The van der Waals surface area contributed by atoms with Crippen LogP contribution in [0.1, 0.15) is 45.1 Å². The zero-order valence-electron chi connectivity index (χ0n) is 11.9. The third-order valence-electron chi connectivity index (χ3n) is 4.18. The Bertz CT molecular complexity index is 454. The van der Waals surface area contributed by atoms with Gasteiger partial charge in [0.15, 0.2) is 0 Å². The van der Waals surface area contributed by atoms with Gasteiger partial charge in [-0.3, -0.25) is 4.79 Å². The van der Waals surface area contributed by atoms with E-state index in [-0.39, 0.29) is 11.3 Å². The largest absolute Gasteiger partial charge is 0.399 e. The van der Waals surface area contributed by atoms with Gasteiger partial charge in [0.25, 0.3) is 0 Å². The molecule has 104 valence electrons.